The first-order valence-electron chi connectivity index (χ1n) is 5.68. The summed E-state index contributed by atoms with van der Waals surface area (Å²) >= 11 is 0. The molecule has 2 heterocycles. The minimum Gasteiger partial charge on any atom is -0.395 e. The van der Waals surface area contributed by atoms with E-state index in [1.54, 1.807) is 18.5 Å². The molecule has 2 aromatic rings. The summed E-state index contributed by atoms with van der Waals surface area (Å²) in [6.45, 7) is 0. The van der Waals surface area contributed by atoms with E-state index in [4.69, 9.17) is 5.73 Å². The van der Waals surface area contributed by atoms with E-state index in [0.717, 1.165) is 18.5 Å². The van der Waals surface area contributed by atoms with Crippen LogP contribution in [0, 0.1) is 0 Å². The quantitative estimate of drug-likeness (QED) is 0.743. The standard InChI is InChI=1S/C11H12N6O/c12-7-8(6-2-3-6)16-17-9(7)10(18)15-11-13-4-1-5-14-11/h1,4-6H,2-3,12H2,(H,16,17)(H,13,14,15,18). The summed E-state index contributed by atoms with van der Waals surface area (Å²) < 4.78 is 0. The van der Waals surface area contributed by atoms with Crippen LogP contribution in [0.1, 0.15) is 34.9 Å². The van der Waals surface area contributed by atoms with Crippen molar-refractivity contribution >= 4 is 17.5 Å². The Hall–Kier alpha value is -2.44. The largest absolute Gasteiger partial charge is 0.395 e. The molecule has 0 aliphatic heterocycles. The van der Waals surface area contributed by atoms with Crippen LogP contribution in [0.25, 0.3) is 0 Å². The van der Waals surface area contributed by atoms with Gasteiger partial charge in [0.05, 0.1) is 11.4 Å². The molecule has 1 aliphatic carbocycles. The van der Waals surface area contributed by atoms with Gasteiger partial charge in [-0.1, -0.05) is 0 Å². The van der Waals surface area contributed by atoms with Crippen molar-refractivity contribution in [3.63, 3.8) is 0 Å². The molecule has 4 N–H and O–H groups in total. The van der Waals surface area contributed by atoms with Crippen molar-refractivity contribution in [2.45, 2.75) is 18.8 Å². The van der Waals surface area contributed by atoms with Crippen molar-refractivity contribution in [1.29, 1.82) is 0 Å². The number of hydrogen-bond acceptors (Lipinski definition) is 5. The molecule has 3 rings (SSSR count). The highest BCUT2D eigenvalue weighted by Gasteiger charge is 2.30. The fraction of sp³-hybridized carbons (Fsp3) is 0.273. The van der Waals surface area contributed by atoms with Gasteiger partial charge in [0.15, 0.2) is 5.69 Å². The van der Waals surface area contributed by atoms with Crippen LogP contribution in [0.3, 0.4) is 0 Å². The van der Waals surface area contributed by atoms with Crippen LogP contribution in [0.15, 0.2) is 18.5 Å². The van der Waals surface area contributed by atoms with E-state index in [0.29, 0.717) is 11.6 Å². The minimum atomic E-state index is -0.401. The van der Waals surface area contributed by atoms with Crippen LogP contribution in [0.4, 0.5) is 11.6 Å². The average Bonchev–Trinajstić information content (AvgIpc) is 3.14. The van der Waals surface area contributed by atoms with E-state index in [1.807, 2.05) is 0 Å². The van der Waals surface area contributed by atoms with E-state index in [1.165, 1.54) is 0 Å². The predicted octanol–water partition coefficient (Wildman–Crippen LogP) is 0.912. The number of carbonyl (C=O) groups excluding carboxylic acids is 1. The Morgan fingerprint density at radius 3 is 2.78 bits per heavy atom. The molecule has 1 aliphatic rings. The molecule has 7 nitrogen and oxygen atoms in total. The maximum absolute atomic E-state index is 11.9. The number of hydrogen-bond donors (Lipinski definition) is 3. The lowest BCUT2D eigenvalue weighted by Gasteiger charge is -2.01. The molecule has 0 atom stereocenters. The highest BCUT2D eigenvalue weighted by molar-refractivity contribution is 6.05. The van der Waals surface area contributed by atoms with Gasteiger partial charge in [-0.05, 0) is 18.9 Å². The van der Waals surface area contributed by atoms with Gasteiger partial charge in [-0.15, -0.1) is 0 Å². The molecule has 0 spiro atoms. The minimum absolute atomic E-state index is 0.198. The third-order valence-electron chi connectivity index (χ3n) is 2.83. The number of nitrogen functional groups attached to an aromatic ring is 1. The summed E-state index contributed by atoms with van der Waals surface area (Å²) in [6, 6.07) is 1.67. The van der Waals surface area contributed by atoms with E-state index in [-0.39, 0.29) is 11.6 Å². The number of aromatic amines is 1. The Bertz CT molecular complexity index is 574. The Balaban J connectivity index is 1.80. The molecule has 2 aromatic heterocycles. The number of nitrogens with zero attached hydrogens (tertiary/aromatic N) is 3. The number of H-pyrrole nitrogens is 1. The normalized spacial score (nSPS) is 14.4. The zero-order valence-corrected chi connectivity index (χ0v) is 9.55. The summed E-state index contributed by atoms with van der Waals surface area (Å²) in [6.07, 6.45) is 5.28. The van der Waals surface area contributed by atoms with Crippen molar-refractivity contribution in [1.82, 2.24) is 20.2 Å². The summed E-state index contributed by atoms with van der Waals surface area (Å²) in [5.74, 6) is 0.256. The highest BCUT2D eigenvalue weighted by Crippen LogP contribution is 2.42. The molecule has 0 saturated heterocycles. The van der Waals surface area contributed by atoms with Gasteiger partial charge in [0.1, 0.15) is 0 Å². The number of amides is 1. The van der Waals surface area contributed by atoms with Crippen molar-refractivity contribution in [2.24, 2.45) is 0 Å². The molecule has 18 heavy (non-hydrogen) atoms. The first-order valence-corrected chi connectivity index (χ1v) is 5.68. The fourth-order valence-electron chi connectivity index (χ4n) is 1.74. The number of nitrogens with one attached hydrogen (secondary N) is 2. The zero-order chi connectivity index (χ0) is 12.5. The first kappa shape index (κ1) is 10.7. The third-order valence-corrected chi connectivity index (χ3v) is 2.83. The Kier molecular flexibility index (Phi) is 2.44. The molecule has 0 aromatic carbocycles. The van der Waals surface area contributed by atoms with E-state index < -0.39 is 5.91 Å². The molecule has 0 unspecified atom stereocenters. The highest BCUT2D eigenvalue weighted by atomic mass is 16.2. The smallest absolute Gasteiger partial charge is 0.280 e. The van der Waals surface area contributed by atoms with Crippen LogP contribution in [-0.2, 0) is 0 Å². The van der Waals surface area contributed by atoms with Crippen LogP contribution in [-0.4, -0.2) is 26.1 Å². The van der Waals surface area contributed by atoms with Gasteiger partial charge in [0.2, 0.25) is 5.95 Å². The molecule has 1 fully saturated rings. The summed E-state index contributed by atoms with van der Waals surface area (Å²) in [5, 5.41) is 9.33. The maximum Gasteiger partial charge on any atom is 0.280 e. The molecule has 92 valence electrons. The Morgan fingerprint density at radius 2 is 2.11 bits per heavy atom. The first-order chi connectivity index (χ1) is 8.75. The van der Waals surface area contributed by atoms with Gasteiger partial charge < -0.3 is 5.73 Å². The topological polar surface area (TPSA) is 110 Å². The molecular weight excluding hydrogens is 232 g/mol. The van der Waals surface area contributed by atoms with Crippen molar-refractivity contribution in [3.05, 3.63) is 29.8 Å². The lowest BCUT2D eigenvalue weighted by atomic mass is 10.2. The predicted molar refractivity (Wildman–Crippen MR) is 65.0 cm³/mol. The molecule has 1 amide bonds. The molecule has 0 radical (unpaired) electrons. The Labute approximate surface area is 103 Å². The Morgan fingerprint density at radius 1 is 1.39 bits per heavy atom. The van der Waals surface area contributed by atoms with Crippen LogP contribution in [0.5, 0.6) is 0 Å². The van der Waals surface area contributed by atoms with Crippen LogP contribution < -0.4 is 11.1 Å². The van der Waals surface area contributed by atoms with E-state index >= 15 is 0 Å². The number of aromatic nitrogens is 4. The second-order valence-electron chi connectivity index (χ2n) is 4.20. The van der Waals surface area contributed by atoms with Gasteiger partial charge in [0.25, 0.3) is 5.91 Å². The second-order valence-corrected chi connectivity index (χ2v) is 4.20. The van der Waals surface area contributed by atoms with Gasteiger partial charge in [-0.2, -0.15) is 5.10 Å². The summed E-state index contributed by atoms with van der Waals surface area (Å²) in [7, 11) is 0. The van der Waals surface area contributed by atoms with Gasteiger partial charge in [-0.25, -0.2) is 9.97 Å². The van der Waals surface area contributed by atoms with E-state index in [9.17, 15) is 4.79 Å². The third kappa shape index (κ3) is 1.90. The summed E-state index contributed by atoms with van der Waals surface area (Å²) in [5.41, 5.74) is 7.38. The van der Waals surface area contributed by atoms with Gasteiger partial charge in [-0.3, -0.25) is 15.2 Å². The zero-order valence-electron chi connectivity index (χ0n) is 9.55. The van der Waals surface area contributed by atoms with Crippen LogP contribution in [0.2, 0.25) is 0 Å². The maximum atomic E-state index is 11.9. The average molecular weight is 244 g/mol. The molecule has 7 heteroatoms. The van der Waals surface area contributed by atoms with Crippen LogP contribution >= 0.6 is 0 Å². The SMILES string of the molecule is Nc1c(C(=O)Nc2ncccn2)n[nH]c1C1CC1. The molecule has 0 bridgehead atoms. The number of rotatable bonds is 3. The van der Waals surface area contributed by atoms with Crippen molar-refractivity contribution in [2.75, 3.05) is 11.1 Å². The molecular formula is C11H12N6O. The van der Waals surface area contributed by atoms with Crippen molar-refractivity contribution in [3.8, 4) is 0 Å². The fourth-order valence-corrected chi connectivity index (χ4v) is 1.74. The van der Waals surface area contributed by atoms with Gasteiger partial charge in [0, 0.05) is 18.3 Å². The van der Waals surface area contributed by atoms with Gasteiger partial charge >= 0.3 is 0 Å². The van der Waals surface area contributed by atoms with Crippen molar-refractivity contribution < 1.29 is 4.79 Å². The number of anilines is 2. The van der Waals surface area contributed by atoms with E-state index in [2.05, 4.69) is 25.5 Å². The number of nitrogens with two attached hydrogens (primary N) is 1. The second kappa shape index (κ2) is 4.10. The number of carbonyl (C=O) groups is 1. The lowest BCUT2D eigenvalue weighted by Crippen LogP contribution is -2.16. The molecule has 1 saturated carbocycles. The monoisotopic (exact) mass is 244 g/mol. The summed E-state index contributed by atoms with van der Waals surface area (Å²) in [4.78, 5) is 19.8. The lowest BCUT2D eigenvalue weighted by molar-refractivity contribution is 0.102.